The molecule has 2 rings (SSSR count). The van der Waals surface area contributed by atoms with Gasteiger partial charge in [-0.3, -0.25) is 0 Å². The minimum Gasteiger partial charge on any atom is -0.388 e. The molecule has 0 radical (unpaired) electrons. The topological polar surface area (TPSA) is 24.9 Å². The van der Waals surface area contributed by atoms with Crippen LogP contribution in [0.25, 0.3) is 11.3 Å². The third kappa shape index (κ3) is 2.67. The molecule has 0 spiro atoms. The van der Waals surface area contributed by atoms with E-state index in [1.807, 2.05) is 7.05 Å². The fraction of sp³-hybridized carbons (Fsp3) is 0.357. The lowest BCUT2D eigenvalue weighted by Crippen LogP contribution is -2.10. The van der Waals surface area contributed by atoms with Gasteiger partial charge in [-0.25, -0.2) is 4.98 Å². The highest BCUT2D eigenvalue weighted by molar-refractivity contribution is 7.10. The molecule has 90 valence electrons. The molecule has 1 aromatic carbocycles. The van der Waals surface area contributed by atoms with Gasteiger partial charge < -0.3 is 5.32 Å². The summed E-state index contributed by atoms with van der Waals surface area (Å²) in [4.78, 5) is 4.72. The van der Waals surface area contributed by atoms with Crippen LogP contribution in [-0.2, 0) is 5.41 Å². The molecule has 0 saturated heterocycles. The Kier molecular flexibility index (Phi) is 3.20. The van der Waals surface area contributed by atoms with E-state index in [4.69, 9.17) is 4.98 Å². The first-order valence-corrected chi connectivity index (χ1v) is 6.63. The summed E-state index contributed by atoms with van der Waals surface area (Å²) in [5.41, 5.74) is 3.48. The summed E-state index contributed by atoms with van der Waals surface area (Å²) in [5.74, 6) is 0. The largest absolute Gasteiger partial charge is 0.388 e. The third-order valence-corrected chi connectivity index (χ3v) is 3.86. The van der Waals surface area contributed by atoms with Gasteiger partial charge in [-0.1, -0.05) is 32.9 Å². The Morgan fingerprint density at radius 3 is 2.59 bits per heavy atom. The molecule has 0 unspecified atom stereocenters. The van der Waals surface area contributed by atoms with E-state index in [2.05, 4.69) is 55.7 Å². The van der Waals surface area contributed by atoms with Gasteiger partial charge >= 0.3 is 0 Å². The number of rotatable bonds is 2. The first-order chi connectivity index (χ1) is 8.00. The second kappa shape index (κ2) is 4.49. The van der Waals surface area contributed by atoms with E-state index in [0.717, 1.165) is 11.4 Å². The van der Waals surface area contributed by atoms with Gasteiger partial charge in [0.15, 0.2) is 0 Å². The number of aromatic nitrogens is 1. The Morgan fingerprint density at radius 2 is 2.00 bits per heavy atom. The standard InChI is InChI=1S/C14H18N2S/c1-14(2,3)13-16-12(9-17-13)10-6-5-7-11(8-10)15-4/h5-9,15H,1-4H3. The number of anilines is 1. The van der Waals surface area contributed by atoms with Crippen LogP contribution in [0.2, 0.25) is 0 Å². The van der Waals surface area contributed by atoms with Crippen molar-refractivity contribution in [3.8, 4) is 11.3 Å². The lowest BCUT2D eigenvalue weighted by Gasteiger charge is -2.13. The minimum atomic E-state index is 0.129. The Labute approximate surface area is 107 Å². The van der Waals surface area contributed by atoms with E-state index >= 15 is 0 Å². The van der Waals surface area contributed by atoms with Crippen molar-refractivity contribution in [3.05, 3.63) is 34.7 Å². The molecule has 1 N–H and O–H groups in total. The first-order valence-electron chi connectivity index (χ1n) is 5.75. The predicted molar refractivity (Wildman–Crippen MR) is 75.8 cm³/mol. The van der Waals surface area contributed by atoms with Crippen LogP contribution in [-0.4, -0.2) is 12.0 Å². The zero-order chi connectivity index (χ0) is 12.5. The Balaban J connectivity index is 2.37. The molecule has 3 heteroatoms. The zero-order valence-corrected chi connectivity index (χ0v) is 11.6. The highest BCUT2D eigenvalue weighted by Gasteiger charge is 2.18. The maximum atomic E-state index is 4.72. The van der Waals surface area contributed by atoms with Crippen molar-refractivity contribution in [2.24, 2.45) is 0 Å². The summed E-state index contributed by atoms with van der Waals surface area (Å²) in [5, 5.41) is 6.47. The van der Waals surface area contributed by atoms with E-state index in [1.54, 1.807) is 11.3 Å². The molecule has 1 heterocycles. The normalized spacial score (nSPS) is 11.5. The Morgan fingerprint density at radius 1 is 1.24 bits per heavy atom. The van der Waals surface area contributed by atoms with Crippen molar-refractivity contribution < 1.29 is 0 Å². The van der Waals surface area contributed by atoms with Crippen LogP contribution < -0.4 is 5.32 Å². The van der Waals surface area contributed by atoms with E-state index in [1.165, 1.54) is 10.6 Å². The summed E-state index contributed by atoms with van der Waals surface area (Å²) < 4.78 is 0. The van der Waals surface area contributed by atoms with Crippen molar-refractivity contribution in [3.63, 3.8) is 0 Å². The fourth-order valence-corrected chi connectivity index (χ4v) is 2.50. The summed E-state index contributed by atoms with van der Waals surface area (Å²) in [6.07, 6.45) is 0. The maximum absolute atomic E-state index is 4.72. The monoisotopic (exact) mass is 246 g/mol. The van der Waals surface area contributed by atoms with E-state index in [9.17, 15) is 0 Å². The smallest absolute Gasteiger partial charge is 0.0986 e. The highest BCUT2D eigenvalue weighted by Crippen LogP contribution is 2.30. The summed E-state index contributed by atoms with van der Waals surface area (Å²) in [6, 6.07) is 8.33. The van der Waals surface area contributed by atoms with Crippen molar-refractivity contribution in [1.82, 2.24) is 4.98 Å². The highest BCUT2D eigenvalue weighted by atomic mass is 32.1. The maximum Gasteiger partial charge on any atom is 0.0986 e. The minimum absolute atomic E-state index is 0.129. The molecule has 2 aromatic rings. The van der Waals surface area contributed by atoms with Crippen LogP contribution in [0.1, 0.15) is 25.8 Å². The summed E-state index contributed by atoms with van der Waals surface area (Å²) >= 11 is 1.73. The average molecular weight is 246 g/mol. The van der Waals surface area contributed by atoms with Crippen LogP contribution in [0.15, 0.2) is 29.6 Å². The Bertz CT molecular complexity index is 509. The van der Waals surface area contributed by atoms with Crippen molar-refractivity contribution >= 4 is 17.0 Å². The Hall–Kier alpha value is -1.35. The molecule has 0 atom stereocenters. The zero-order valence-electron chi connectivity index (χ0n) is 10.7. The molecule has 0 amide bonds. The van der Waals surface area contributed by atoms with Crippen LogP contribution in [0.4, 0.5) is 5.69 Å². The van der Waals surface area contributed by atoms with Crippen molar-refractivity contribution in [1.29, 1.82) is 0 Å². The summed E-state index contributed by atoms with van der Waals surface area (Å²) in [7, 11) is 1.93. The molecular formula is C14H18N2S. The van der Waals surface area contributed by atoms with Gasteiger partial charge in [0.05, 0.1) is 10.7 Å². The molecule has 0 bridgehead atoms. The third-order valence-electron chi connectivity index (χ3n) is 2.59. The van der Waals surface area contributed by atoms with Gasteiger partial charge in [-0.2, -0.15) is 0 Å². The predicted octanol–water partition coefficient (Wildman–Crippen LogP) is 4.15. The number of thiazole rings is 1. The van der Waals surface area contributed by atoms with Crippen LogP contribution in [0.5, 0.6) is 0 Å². The molecule has 0 saturated carbocycles. The van der Waals surface area contributed by atoms with E-state index < -0.39 is 0 Å². The first kappa shape index (κ1) is 12.1. The number of nitrogens with one attached hydrogen (secondary N) is 1. The van der Waals surface area contributed by atoms with Crippen molar-refractivity contribution in [2.45, 2.75) is 26.2 Å². The van der Waals surface area contributed by atoms with Crippen LogP contribution in [0, 0.1) is 0 Å². The van der Waals surface area contributed by atoms with Gasteiger partial charge in [0.1, 0.15) is 0 Å². The lowest BCUT2D eigenvalue weighted by atomic mass is 9.98. The molecule has 0 aliphatic rings. The number of hydrogen-bond donors (Lipinski definition) is 1. The van der Waals surface area contributed by atoms with Gasteiger partial charge in [0.25, 0.3) is 0 Å². The van der Waals surface area contributed by atoms with Crippen molar-refractivity contribution in [2.75, 3.05) is 12.4 Å². The van der Waals surface area contributed by atoms with Gasteiger partial charge in [-0.15, -0.1) is 11.3 Å². The van der Waals surface area contributed by atoms with Crippen LogP contribution >= 0.6 is 11.3 Å². The second-order valence-corrected chi connectivity index (χ2v) is 5.98. The van der Waals surface area contributed by atoms with Crippen LogP contribution in [0.3, 0.4) is 0 Å². The molecule has 1 aromatic heterocycles. The molecular weight excluding hydrogens is 228 g/mol. The quantitative estimate of drug-likeness (QED) is 0.861. The molecule has 2 nitrogen and oxygen atoms in total. The average Bonchev–Trinajstić information content (AvgIpc) is 2.78. The molecule has 17 heavy (non-hydrogen) atoms. The number of benzene rings is 1. The molecule has 0 fully saturated rings. The van der Waals surface area contributed by atoms with Gasteiger partial charge in [0, 0.05) is 29.1 Å². The van der Waals surface area contributed by atoms with Gasteiger partial charge in [-0.05, 0) is 12.1 Å². The lowest BCUT2D eigenvalue weighted by molar-refractivity contribution is 0.586. The molecule has 0 aliphatic heterocycles. The van der Waals surface area contributed by atoms with E-state index in [-0.39, 0.29) is 5.41 Å². The van der Waals surface area contributed by atoms with Gasteiger partial charge in [0.2, 0.25) is 0 Å². The number of hydrogen-bond acceptors (Lipinski definition) is 3. The van der Waals surface area contributed by atoms with E-state index in [0.29, 0.717) is 0 Å². The fourth-order valence-electron chi connectivity index (χ4n) is 1.58. The SMILES string of the molecule is CNc1cccc(-c2csc(C(C)(C)C)n2)c1. The second-order valence-electron chi connectivity index (χ2n) is 5.12. The summed E-state index contributed by atoms with van der Waals surface area (Å²) in [6.45, 7) is 6.58. The molecule has 0 aliphatic carbocycles. The number of nitrogens with zero attached hydrogens (tertiary/aromatic N) is 1.